The van der Waals surface area contributed by atoms with Crippen LogP contribution in [0.15, 0.2) is 6.07 Å². The van der Waals surface area contributed by atoms with Gasteiger partial charge in [0.15, 0.2) is 0 Å². The summed E-state index contributed by atoms with van der Waals surface area (Å²) >= 11 is 0. The molecule has 0 spiro atoms. The lowest BCUT2D eigenvalue weighted by atomic mass is 9.79. The predicted molar refractivity (Wildman–Crippen MR) is 84.9 cm³/mol. The molecule has 2 unspecified atom stereocenters. The minimum Gasteiger partial charge on any atom is -0.314 e. The highest BCUT2D eigenvalue weighted by Crippen LogP contribution is 2.29. The number of aryl methyl sites for hydroxylation is 3. The molecule has 2 rings (SSSR count). The first-order valence-corrected chi connectivity index (χ1v) is 8.30. The maximum absolute atomic E-state index is 4.52. The Hall–Kier alpha value is -0.830. The highest BCUT2D eigenvalue weighted by atomic mass is 15.3. The molecule has 1 heterocycles. The Bertz CT molecular complexity index is 408. The van der Waals surface area contributed by atoms with Crippen LogP contribution in [0.4, 0.5) is 0 Å². The van der Waals surface area contributed by atoms with Crippen molar-refractivity contribution in [2.45, 2.75) is 72.4 Å². The molecule has 0 aliphatic heterocycles. The number of nitrogens with one attached hydrogen (secondary N) is 1. The molecule has 3 nitrogen and oxygen atoms in total. The Kier molecular flexibility index (Phi) is 5.64. The maximum atomic E-state index is 4.52. The van der Waals surface area contributed by atoms with Crippen LogP contribution >= 0.6 is 0 Å². The quantitative estimate of drug-likeness (QED) is 0.804. The second kappa shape index (κ2) is 7.26. The lowest BCUT2D eigenvalue weighted by molar-refractivity contribution is 0.231. The highest BCUT2D eigenvalue weighted by molar-refractivity contribution is 5.06. The third-order valence-corrected chi connectivity index (χ3v) is 4.74. The molecule has 1 aromatic heterocycles. The van der Waals surface area contributed by atoms with E-state index in [0.29, 0.717) is 0 Å². The first kappa shape index (κ1) is 15.6. The molecule has 1 N–H and O–H groups in total. The van der Waals surface area contributed by atoms with Crippen LogP contribution in [0.25, 0.3) is 0 Å². The fourth-order valence-corrected chi connectivity index (χ4v) is 3.45. The molecule has 0 aromatic carbocycles. The van der Waals surface area contributed by atoms with E-state index in [1.807, 2.05) is 0 Å². The molecule has 1 aromatic rings. The molecule has 3 heteroatoms. The standard InChI is InChI=1S/C17H31N3/c1-13(2)16-7-5-8-17(12-16)18-9-6-10-20-15(4)11-14(3)19-20/h11,13,16-18H,5-10,12H2,1-4H3. The van der Waals surface area contributed by atoms with Crippen LogP contribution in [-0.2, 0) is 6.54 Å². The van der Waals surface area contributed by atoms with E-state index in [9.17, 15) is 0 Å². The molecular weight excluding hydrogens is 246 g/mol. The van der Waals surface area contributed by atoms with Gasteiger partial charge in [0.1, 0.15) is 0 Å². The summed E-state index contributed by atoms with van der Waals surface area (Å²) in [7, 11) is 0. The van der Waals surface area contributed by atoms with Crippen LogP contribution in [-0.4, -0.2) is 22.4 Å². The summed E-state index contributed by atoms with van der Waals surface area (Å²) in [4.78, 5) is 0. The topological polar surface area (TPSA) is 29.9 Å². The van der Waals surface area contributed by atoms with Gasteiger partial charge in [0.05, 0.1) is 5.69 Å². The number of hydrogen-bond acceptors (Lipinski definition) is 2. The van der Waals surface area contributed by atoms with Crippen molar-refractivity contribution in [2.24, 2.45) is 11.8 Å². The zero-order valence-electron chi connectivity index (χ0n) is 13.7. The average molecular weight is 277 g/mol. The minimum absolute atomic E-state index is 0.747. The van der Waals surface area contributed by atoms with Gasteiger partial charge in [-0.25, -0.2) is 0 Å². The molecule has 1 saturated carbocycles. The molecule has 0 amide bonds. The molecule has 1 aliphatic rings. The van der Waals surface area contributed by atoms with Crippen LogP contribution < -0.4 is 5.32 Å². The lowest BCUT2D eigenvalue weighted by Gasteiger charge is -2.32. The normalized spacial score (nSPS) is 23.4. The molecular formula is C17H31N3. The van der Waals surface area contributed by atoms with Gasteiger partial charge in [-0.2, -0.15) is 5.10 Å². The van der Waals surface area contributed by atoms with Crippen LogP contribution in [0.5, 0.6) is 0 Å². The number of rotatable bonds is 6. The van der Waals surface area contributed by atoms with Crippen molar-refractivity contribution in [3.8, 4) is 0 Å². The molecule has 1 aliphatic carbocycles. The van der Waals surface area contributed by atoms with Crippen molar-refractivity contribution >= 4 is 0 Å². The SMILES string of the molecule is Cc1cc(C)n(CCCNC2CCCC(C(C)C)C2)n1. The second-order valence-electron chi connectivity index (χ2n) is 6.83. The van der Waals surface area contributed by atoms with Gasteiger partial charge in [-0.3, -0.25) is 4.68 Å². The Balaban J connectivity index is 1.67. The summed E-state index contributed by atoms with van der Waals surface area (Å²) in [6.45, 7) is 11.1. The second-order valence-corrected chi connectivity index (χ2v) is 6.83. The Morgan fingerprint density at radius 3 is 2.80 bits per heavy atom. The van der Waals surface area contributed by atoms with Gasteiger partial charge in [0.25, 0.3) is 0 Å². The summed E-state index contributed by atoms with van der Waals surface area (Å²) in [6.07, 6.45) is 6.74. The third kappa shape index (κ3) is 4.34. The van der Waals surface area contributed by atoms with E-state index in [2.05, 4.69) is 48.9 Å². The van der Waals surface area contributed by atoms with Crippen molar-refractivity contribution < 1.29 is 0 Å². The molecule has 1 fully saturated rings. The molecule has 114 valence electrons. The summed E-state index contributed by atoms with van der Waals surface area (Å²) in [6, 6.07) is 2.90. The molecule has 0 bridgehead atoms. The molecule has 0 saturated heterocycles. The zero-order chi connectivity index (χ0) is 14.5. The zero-order valence-corrected chi connectivity index (χ0v) is 13.7. The Labute approximate surface area is 124 Å². The van der Waals surface area contributed by atoms with E-state index in [-0.39, 0.29) is 0 Å². The van der Waals surface area contributed by atoms with Crippen LogP contribution in [0.2, 0.25) is 0 Å². The lowest BCUT2D eigenvalue weighted by Crippen LogP contribution is -2.36. The fourth-order valence-electron chi connectivity index (χ4n) is 3.45. The Morgan fingerprint density at radius 1 is 1.35 bits per heavy atom. The van der Waals surface area contributed by atoms with Crippen LogP contribution in [0.1, 0.15) is 57.3 Å². The van der Waals surface area contributed by atoms with E-state index < -0.39 is 0 Å². The van der Waals surface area contributed by atoms with E-state index >= 15 is 0 Å². The first-order valence-electron chi connectivity index (χ1n) is 8.30. The van der Waals surface area contributed by atoms with Crippen LogP contribution in [0, 0.1) is 25.7 Å². The van der Waals surface area contributed by atoms with Crippen molar-refractivity contribution in [1.82, 2.24) is 15.1 Å². The molecule has 20 heavy (non-hydrogen) atoms. The molecule has 0 radical (unpaired) electrons. The van der Waals surface area contributed by atoms with Gasteiger partial charge in [-0.15, -0.1) is 0 Å². The smallest absolute Gasteiger partial charge is 0.0596 e. The summed E-state index contributed by atoms with van der Waals surface area (Å²) < 4.78 is 2.13. The maximum Gasteiger partial charge on any atom is 0.0596 e. The molecule has 2 atom stereocenters. The van der Waals surface area contributed by atoms with Crippen molar-refractivity contribution in [1.29, 1.82) is 0 Å². The first-order chi connectivity index (χ1) is 9.56. The predicted octanol–water partition coefficient (Wildman–Crippen LogP) is 3.69. The van der Waals surface area contributed by atoms with E-state index in [1.165, 1.54) is 37.8 Å². The van der Waals surface area contributed by atoms with Crippen LogP contribution in [0.3, 0.4) is 0 Å². The van der Waals surface area contributed by atoms with Gasteiger partial charge < -0.3 is 5.32 Å². The van der Waals surface area contributed by atoms with Crippen molar-refractivity contribution in [2.75, 3.05) is 6.54 Å². The highest BCUT2D eigenvalue weighted by Gasteiger charge is 2.23. The van der Waals surface area contributed by atoms with Gasteiger partial charge in [0.2, 0.25) is 0 Å². The number of hydrogen-bond donors (Lipinski definition) is 1. The van der Waals surface area contributed by atoms with Gasteiger partial charge in [-0.1, -0.05) is 26.7 Å². The van der Waals surface area contributed by atoms with Crippen molar-refractivity contribution in [3.05, 3.63) is 17.5 Å². The van der Waals surface area contributed by atoms with Gasteiger partial charge in [0, 0.05) is 18.3 Å². The monoisotopic (exact) mass is 277 g/mol. The largest absolute Gasteiger partial charge is 0.314 e. The van der Waals surface area contributed by atoms with E-state index in [0.717, 1.165) is 36.7 Å². The summed E-state index contributed by atoms with van der Waals surface area (Å²) in [5.74, 6) is 1.77. The summed E-state index contributed by atoms with van der Waals surface area (Å²) in [5, 5.41) is 8.28. The number of aromatic nitrogens is 2. The average Bonchev–Trinajstić information content (AvgIpc) is 2.73. The summed E-state index contributed by atoms with van der Waals surface area (Å²) in [5.41, 5.74) is 2.41. The van der Waals surface area contributed by atoms with Crippen molar-refractivity contribution in [3.63, 3.8) is 0 Å². The van der Waals surface area contributed by atoms with E-state index in [1.54, 1.807) is 0 Å². The van der Waals surface area contributed by atoms with Gasteiger partial charge >= 0.3 is 0 Å². The van der Waals surface area contributed by atoms with E-state index in [4.69, 9.17) is 0 Å². The third-order valence-electron chi connectivity index (χ3n) is 4.74. The number of nitrogens with zero attached hydrogens (tertiary/aromatic N) is 2. The Morgan fingerprint density at radius 2 is 2.15 bits per heavy atom. The van der Waals surface area contributed by atoms with Gasteiger partial charge in [-0.05, 0) is 57.6 Å². The fraction of sp³-hybridized carbons (Fsp3) is 0.824. The minimum atomic E-state index is 0.747.